The van der Waals surface area contributed by atoms with Gasteiger partial charge in [0.05, 0.1) is 31.2 Å². The van der Waals surface area contributed by atoms with Crippen LogP contribution in [0.3, 0.4) is 0 Å². The lowest BCUT2D eigenvalue weighted by Crippen LogP contribution is -2.63. The molecule has 9 amide bonds. The number of hydrogen-bond donors (Lipinski definition) is 15. The van der Waals surface area contributed by atoms with E-state index in [1.165, 1.54) is 11.8 Å². The molecule has 1 saturated heterocycles. The monoisotopic (exact) mass is 1030 g/mol. The third-order valence-electron chi connectivity index (χ3n) is 11.7. The normalized spacial score (nSPS) is 17.2. The summed E-state index contributed by atoms with van der Waals surface area (Å²) in [6.07, 6.45) is -4.46. The maximum absolute atomic E-state index is 14.1. The molecule has 1 aromatic carbocycles. The molecular formula is C45H71N13O15. The van der Waals surface area contributed by atoms with Crippen molar-refractivity contribution in [3.63, 3.8) is 0 Å². The fraction of sp³-hybridized carbons (Fsp3) is 0.600. The van der Waals surface area contributed by atoms with Crippen LogP contribution in [0.1, 0.15) is 84.6 Å². The Kier molecular flexibility index (Phi) is 25.7. The zero-order chi connectivity index (χ0) is 55.1. The molecule has 1 aliphatic rings. The van der Waals surface area contributed by atoms with Gasteiger partial charge in [-0.25, -0.2) is 4.79 Å². The van der Waals surface area contributed by atoms with Gasteiger partial charge in [-0.3, -0.25) is 52.9 Å². The molecule has 0 saturated carbocycles. The number of hydrogen-bond acceptors (Lipinski definition) is 15. The summed E-state index contributed by atoms with van der Waals surface area (Å²) < 4.78 is 0. The zero-order valence-corrected chi connectivity index (χ0v) is 41.2. The van der Waals surface area contributed by atoms with Gasteiger partial charge in [0.25, 0.3) is 0 Å². The van der Waals surface area contributed by atoms with Crippen molar-refractivity contribution in [3.05, 3.63) is 35.9 Å². The molecule has 28 nitrogen and oxygen atoms in total. The zero-order valence-electron chi connectivity index (χ0n) is 41.2. The number of carbonyl (C=O) groups excluding carboxylic acids is 9. The van der Waals surface area contributed by atoms with Gasteiger partial charge in [0, 0.05) is 25.9 Å². The number of nitrogens with zero attached hydrogens (tertiary/aromatic N) is 2. The van der Waals surface area contributed by atoms with Crippen molar-refractivity contribution in [2.24, 2.45) is 33.8 Å². The van der Waals surface area contributed by atoms with Crippen LogP contribution >= 0.6 is 0 Å². The molecule has 1 fully saturated rings. The molecule has 73 heavy (non-hydrogen) atoms. The Morgan fingerprint density at radius 2 is 1.30 bits per heavy atom. The van der Waals surface area contributed by atoms with Crippen LogP contribution in [-0.4, -0.2) is 177 Å². The van der Waals surface area contributed by atoms with E-state index >= 15 is 0 Å². The highest BCUT2D eigenvalue weighted by molar-refractivity contribution is 5.99. The van der Waals surface area contributed by atoms with E-state index in [0.29, 0.717) is 18.4 Å². The highest BCUT2D eigenvalue weighted by Gasteiger charge is 2.41. The molecule has 0 aliphatic carbocycles. The fourth-order valence-corrected chi connectivity index (χ4v) is 7.40. The van der Waals surface area contributed by atoms with Crippen LogP contribution in [0.25, 0.3) is 0 Å². The van der Waals surface area contributed by atoms with Gasteiger partial charge in [-0.1, -0.05) is 50.6 Å². The van der Waals surface area contributed by atoms with Crippen LogP contribution in [-0.2, 0) is 59.2 Å². The Labute approximate surface area is 420 Å². The third-order valence-corrected chi connectivity index (χ3v) is 11.7. The SMILES string of the molecule is CC[C@H](C)[C@H](N)C(=O)N1CCC[C@H]1C(=O)N[C@H](C(=O)N[C@H](C(=O)N[C@@H](Cc1ccccc1)C(=O)N[C@@H](CCC(=O)O)C(=O)N[C@@H](CC(N)=O)C(=O)NCC(=O)N[C@@H](CCCN=C(N)N)C(=O)O)[C@@H](C)O)[C@@H](C)O. The van der Waals surface area contributed by atoms with Crippen LogP contribution in [0.15, 0.2) is 35.3 Å². The van der Waals surface area contributed by atoms with Gasteiger partial charge in [0.1, 0.15) is 42.3 Å². The molecule has 2 rings (SSSR count). The van der Waals surface area contributed by atoms with Gasteiger partial charge in [-0.15, -0.1) is 0 Å². The first-order valence-corrected chi connectivity index (χ1v) is 23.6. The summed E-state index contributed by atoms with van der Waals surface area (Å²) in [6.45, 7) is 5.39. The average molecular weight is 1030 g/mol. The van der Waals surface area contributed by atoms with E-state index in [4.69, 9.17) is 22.9 Å². The number of likely N-dealkylation sites (tertiary alicyclic amines) is 1. The van der Waals surface area contributed by atoms with Crippen LogP contribution in [0, 0.1) is 5.92 Å². The molecule has 1 aromatic rings. The fourth-order valence-electron chi connectivity index (χ4n) is 7.40. The number of carbonyl (C=O) groups is 11. The van der Waals surface area contributed by atoms with Gasteiger partial charge in [0.2, 0.25) is 53.2 Å². The molecule has 28 heteroatoms. The van der Waals surface area contributed by atoms with Crippen molar-refractivity contribution < 1.29 is 73.2 Å². The van der Waals surface area contributed by atoms with E-state index in [1.54, 1.807) is 37.3 Å². The van der Waals surface area contributed by atoms with E-state index < -0.39 is 151 Å². The Hall–Kier alpha value is -7.46. The number of aliphatic hydroxyl groups excluding tert-OH is 2. The number of aliphatic imine (C=N–C) groups is 1. The number of benzene rings is 1. The Morgan fingerprint density at radius 1 is 0.726 bits per heavy atom. The molecule has 0 bridgehead atoms. The average Bonchev–Trinajstić information content (AvgIpc) is 3.82. The predicted molar refractivity (Wildman–Crippen MR) is 258 cm³/mol. The van der Waals surface area contributed by atoms with Crippen LogP contribution in [0.5, 0.6) is 0 Å². The van der Waals surface area contributed by atoms with Gasteiger partial charge >= 0.3 is 11.9 Å². The lowest BCUT2D eigenvalue weighted by molar-refractivity contribution is -0.142. The maximum Gasteiger partial charge on any atom is 0.326 e. The van der Waals surface area contributed by atoms with E-state index in [1.807, 2.05) is 6.92 Å². The summed E-state index contributed by atoms with van der Waals surface area (Å²) in [7, 11) is 0. The second-order valence-electron chi connectivity index (χ2n) is 17.7. The third kappa shape index (κ3) is 21.0. The minimum absolute atomic E-state index is 0.0595. The number of amides is 9. The second kappa shape index (κ2) is 30.4. The molecular weight excluding hydrogens is 963 g/mol. The van der Waals surface area contributed by atoms with E-state index in [-0.39, 0.29) is 50.7 Å². The molecule has 1 heterocycles. The van der Waals surface area contributed by atoms with Gasteiger partial charge in [-0.2, -0.15) is 0 Å². The number of rotatable bonds is 31. The van der Waals surface area contributed by atoms with Crippen molar-refractivity contribution in [3.8, 4) is 0 Å². The molecule has 0 radical (unpaired) electrons. The van der Waals surface area contributed by atoms with Crippen LogP contribution in [0.2, 0.25) is 0 Å². The molecule has 406 valence electrons. The molecule has 1 aliphatic heterocycles. The Bertz CT molecular complexity index is 2140. The van der Waals surface area contributed by atoms with Gasteiger partial charge < -0.3 is 85.5 Å². The lowest BCUT2D eigenvalue weighted by Gasteiger charge is -2.31. The van der Waals surface area contributed by atoms with Crippen molar-refractivity contribution >= 4 is 71.1 Å². The maximum atomic E-state index is 14.1. The quantitative estimate of drug-likeness (QED) is 0.0187. The first kappa shape index (κ1) is 61.7. The topological polar surface area (TPSA) is 473 Å². The number of nitrogens with one attached hydrogen (secondary N) is 7. The standard InChI is InChI=1S/C45H71N13O15/c1-5-22(2)34(47)43(71)58-18-10-14-30(58)40(68)56-36(24(4)60)42(70)57-35(23(3)59)41(69)55-28(19-25-11-7-6-8-12-25)39(67)53-26(15-16-33(63)64)38(66)54-29(20-31(46)61)37(65)51-21-32(62)52-27(44(72)73)13-9-17-50-45(48)49/h6-8,11-12,22-24,26-30,34-36,59-60H,5,9-10,13-21,47H2,1-4H3,(H2,46,61)(H,51,65)(H,52,62)(H,53,67)(H,54,66)(H,55,69)(H,56,68)(H,57,70)(H,63,64)(H,72,73)(H4,48,49,50)/t22-,23+,24+,26-,27-,28-,29-,30-,34-,35-,36-/m0/s1. The van der Waals surface area contributed by atoms with Crippen molar-refractivity contribution in [2.75, 3.05) is 19.6 Å². The minimum atomic E-state index is -1.86. The van der Waals surface area contributed by atoms with E-state index in [0.717, 1.165) is 6.92 Å². The number of carboxylic acid groups (broad SMARTS) is 2. The number of primary amides is 1. The van der Waals surface area contributed by atoms with Gasteiger partial charge in [-0.05, 0) is 57.4 Å². The number of guanidine groups is 1. The first-order valence-electron chi connectivity index (χ1n) is 23.6. The summed E-state index contributed by atoms with van der Waals surface area (Å²) in [5, 5.41) is 56.4. The van der Waals surface area contributed by atoms with Crippen molar-refractivity contribution in [1.29, 1.82) is 0 Å². The summed E-state index contributed by atoms with van der Waals surface area (Å²) in [4.78, 5) is 149. The van der Waals surface area contributed by atoms with E-state index in [2.05, 4.69) is 42.2 Å². The highest BCUT2D eigenvalue weighted by Crippen LogP contribution is 2.21. The Morgan fingerprint density at radius 3 is 1.86 bits per heavy atom. The summed E-state index contributed by atoms with van der Waals surface area (Å²) in [5.41, 5.74) is 22.4. The Balaban J connectivity index is 2.33. The van der Waals surface area contributed by atoms with Gasteiger partial charge in [0.15, 0.2) is 5.96 Å². The molecule has 0 aromatic heterocycles. The largest absolute Gasteiger partial charge is 0.481 e. The molecule has 0 spiro atoms. The number of nitrogens with two attached hydrogens (primary N) is 4. The van der Waals surface area contributed by atoms with Crippen molar-refractivity contribution in [1.82, 2.24) is 42.1 Å². The van der Waals surface area contributed by atoms with Crippen LogP contribution < -0.4 is 60.2 Å². The summed E-state index contributed by atoms with van der Waals surface area (Å²) in [6, 6.07) is -4.16. The predicted octanol–water partition coefficient (Wildman–Crippen LogP) is -5.74. The smallest absolute Gasteiger partial charge is 0.326 e. The molecule has 0 unspecified atom stereocenters. The first-order chi connectivity index (χ1) is 34.3. The number of carboxylic acids is 2. The summed E-state index contributed by atoms with van der Waals surface area (Å²) >= 11 is 0. The number of aliphatic carboxylic acids is 2. The lowest BCUT2D eigenvalue weighted by atomic mass is 9.98. The highest BCUT2D eigenvalue weighted by atomic mass is 16.4. The minimum Gasteiger partial charge on any atom is -0.481 e. The summed E-state index contributed by atoms with van der Waals surface area (Å²) in [5.74, 6) is -12.4. The van der Waals surface area contributed by atoms with E-state index in [9.17, 15) is 73.2 Å². The molecule has 19 N–H and O–H groups in total. The molecule has 11 atom stereocenters. The van der Waals surface area contributed by atoms with Crippen molar-refractivity contribution in [2.45, 2.75) is 146 Å². The van der Waals surface area contributed by atoms with Crippen LogP contribution in [0.4, 0.5) is 0 Å². The second-order valence-corrected chi connectivity index (χ2v) is 17.7. The number of aliphatic hydroxyl groups is 2.